The molecule has 1 unspecified atom stereocenters. The fourth-order valence-corrected chi connectivity index (χ4v) is 3.12. The maximum absolute atomic E-state index is 12.9. The first-order valence-corrected chi connectivity index (χ1v) is 8.97. The van der Waals surface area contributed by atoms with Crippen LogP contribution >= 0.6 is 0 Å². The third-order valence-electron chi connectivity index (χ3n) is 4.67. The van der Waals surface area contributed by atoms with Gasteiger partial charge in [0.1, 0.15) is 36.6 Å². The van der Waals surface area contributed by atoms with Crippen LogP contribution in [0.3, 0.4) is 0 Å². The van der Waals surface area contributed by atoms with Gasteiger partial charge in [0.2, 0.25) is 5.91 Å². The first-order valence-electron chi connectivity index (χ1n) is 8.97. The topological polar surface area (TPSA) is 117 Å². The van der Waals surface area contributed by atoms with E-state index in [-0.39, 0.29) is 18.0 Å². The molecule has 0 bridgehead atoms. The van der Waals surface area contributed by atoms with Crippen LogP contribution in [0.1, 0.15) is 42.4 Å². The highest BCUT2D eigenvalue weighted by molar-refractivity contribution is 5.97. The SMILES string of the molecule is CCCCC1C(=O)N(C)CCN1C(=O)c1cnc(Cn2cncn2)[nH]c1=O. The molecule has 1 atom stereocenters. The lowest BCUT2D eigenvalue weighted by Gasteiger charge is -2.39. The Labute approximate surface area is 156 Å². The normalized spacial score (nSPS) is 17.4. The van der Waals surface area contributed by atoms with Crippen LogP contribution in [-0.2, 0) is 11.3 Å². The van der Waals surface area contributed by atoms with Gasteiger partial charge in [0, 0.05) is 26.3 Å². The Kier molecular flexibility index (Phi) is 5.63. The lowest BCUT2D eigenvalue weighted by molar-refractivity contribution is -0.138. The summed E-state index contributed by atoms with van der Waals surface area (Å²) in [6.45, 7) is 3.13. The third kappa shape index (κ3) is 4.04. The molecule has 2 aromatic rings. The molecule has 0 aliphatic carbocycles. The number of aromatic amines is 1. The number of amides is 2. The standard InChI is InChI=1S/C17H23N7O3/c1-3-4-5-13-17(27)22(2)6-7-24(13)16(26)12-8-19-14(21-15(12)25)9-23-11-18-10-20-23/h8,10-11,13H,3-7,9H2,1-2H3,(H,19,21,25). The van der Waals surface area contributed by atoms with Crippen molar-refractivity contribution in [2.45, 2.75) is 38.8 Å². The number of hydrogen-bond donors (Lipinski definition) is 1. The summed E-state index contributed by atoms with van der Waals surface area (Å²) in [6, 6.07) is -0.537. The van der Waals surface area contributed by atoms with Crippen molar-refractivity contribution in [1.29, 1.82) is 0 Å². The van der Waals surface area contributed by atoms with Gasteiger partial charge in [-0.05, 0) is 6.42 Å². The number of likely N-dealkylation sites (N-methyl/N-ethyl adjacent to an activating group) is 1. The van der Waals surface area contributed by atoms with Crippen LogP contribution < -0.4 is 5.56 Å². The Morgan fingerprint density at radius 2 is 2.15 bits per heavy atom. The molecule has 144 valence electrons. The molecular weight excluding hydrogens is 350 g/mol. The van der Waals surface area contributed by atoms with E-state index in [1.807, 2.05) is 6.92 Å². The van der Waals surface area contributed by atoms with E-state index >= 15 is 0 Å². The van der Waals surface area contributed by atoms with Crippen LogP contribution in [0.5, 0.6) is 0 Å². The summed E-state index contributed by atoms with van der Waals surface area (Å²) in [5.74, 6) is -0.173. The Morgan fingerprint density at radius 3 is 2.81 bits per heavy atom. The maximum Gasteiger partial charge on any atom is 0.263 e. The molecule has 2 aromatic heterocycles. The lowest BCUT2D eigenvalue weighted by Crippen LogP contribution is -2.58. The van der Waals surface area contributed by atoms with E-state index in [0.29, 0.717) is 25.3 Å². The smallest absolute Gasteiger partial charge is 0.263 e. The molecule has 0 aromatic carbocycles. The van der Waals surface area contributed by atoms with E-state index in [0.717, 1.165) is 12.8 Å². The van der Waals surface area contributed by atoms with Crippen LogP contribution in [0.4, 0.5) is 0 Å². The molecule has 1 aliphatic heterocycles. The van der Waals surface area contributed by atoms with E-state index in [4.69, 9.17) is 0 Å². The van der Waals surface area contributed by atoms with Gasteiger partial charge in [-0.2, -0.15) is 5.10 Å². The number of hydrogen-bond acceptors (Lipinski definition) is 6. The summed E-state index contributed by atoms with van der Waals surface area (Å²) in [7, 11) is 1.73. The zero-order chi connectivity index (χ0) is 19.4. The van der Waals surface area contributed by atoms with Gasteiger partial charge in [-0.1, -0.05) is 19.8 Å². The van der Waals surface area contributed by atoms with Crippen molar-refractivity contribution < 1.29 is 9.59 Å². The second-order valence-corrected chi connectivity index (χ2v) is 6.58. The summed E-state index contributed by atoms with van der Waals surface area (Å²) in [5, 5.41) is 3.95. The molecule has 10 heteroatoms. The number of rotatable bonds is 6. The number of aromatic nitrogens is 5. The molecule has 27 heavy (non-hydrogen) atoms. The summed E-state index contributed by atoms with van der Waals surface area (Å²) in [5.41, 5.74) is -0.582. The summed E-state index contributed by atoms with van der Waals surface area (Å²) < 4.78 is 1.51. The Bertz CT molecular complexity index is 862. The quantitative estimate of drug-likeness (QED) is 0.755. The van der Waals surface area contributed by atoms with Gasteiger partial charge in [-0.25, -0.2) is 14.6 Å². The molecule has 0 radical (unpaired) electrons. The number of nitrogens with one attached hydrogen (secondary N) is 1. The minimum atomic E-state index is -0.537. The van der Waals surface area contributed by atoms with Crippen molar-refractivity contribution in [2.24, 2.45) is 0 Å². The second kappa shape index (κ2) is 8.11. The predicted molar refractivity (Wildman–Crippen MR) is 96.0 cm³/mol. The molecule has 2 amide bonds. The molecule has 10 nitrogen and oxygen atoms in total. The van der Waals surface area contributed by atoms with E-state index in [9.17, 15) is 14.4 Å². The average molecular weight is 373 g/mol. The van der Waals surface area contributed by atoms with E-state index in [2.05, 4.69) is 20.1 Å². The van der Waals surface area contributed by atoms with E-state index in [1.54, 1.807) is 11.9 Å². The van der Waals surface area contributed by atoms with Gasteiger partial charge < -0.3 is 14.8 Å². The van der Waals surface area contributed by atoms with E-state index in [1.165, 1.54) is 28.4 Å². The Morgan fingerprint density at radius 1 is 1.33 bits per heavy atom. The predicted octanol–water partition coefficient (Wildman–Crippen LogP) is -0.117. The molecular formula is C17H23N7O3. The van der Waals surface area contributed by atoms with Gasteiger partial charge in [0.05, 0.1) is 0 Å². The largest absolute Gasteiger partial charge is 0.342 e. The number of unbranched alkanes of at least 4 members (excludes halogenated alkanes) is 1. The molecule has 3 heterocycles. The lowest BCUT2D eigenvalue weighted by atomic mass is 10.0. The Balaban J connectivity index is 1.81. The number of carbonyl (C=O) groups is 2. The number of piperazine rings is 1. The molecule has 1 N–H and O–H groups in total. The third-order valence-corrected chi connectivity index (χ3v) is 4.67. The van der Waals surface area contributed by atoms with Crippen LogP contribution in [-0.4, -0.2) is 72.5 Å². The van der Waals surface area contributed by atoms with Crippen molar-refractivity contribution in [3.63, 3.8) is 0 Å². The van der Waals surface area contributed by atoms with Crippen molar-refractivity contribution >= 4 is 11.8 Å². The molecule has 0 saturated carbocycles. The summed E-state index contributed by atoms with van der Waals surface area (Å²) in [6.07, 6.45) is 6.51. The number of H-pyrrole nitrogens is 1. The molecule has 1 aliphatic rings. The zero-order valence-corrected chi connectivity index (χ0v) is 15.5. The maximum atomic E-state index is 12.9. The monoisotopic (exact) mass is 373 g/mol. The highest BCUT2D eigenvalue weighted by Gasteiger charge is 2.36. The fourth-order valence-electron chi connectivity index (χ4n) is 3.12. The van der Waals surface area contributed by atoms with Crippen molar-refractivity contribution in [1.82, 2.24) is 34.5 Å². The van der Waals surface area contributed by atoms with E-state index < -0.39 is 17.5 Å². The minimum absolute atomic E-state index is 0.0591. The first kappa shape index (κ1) is 18.7. The number of carbonyl (C=O) groups excluding carboxylic acids is 2. The molecule has 3 rings (SSSR count). The van der Waals surface area contributed by atoms with Gasteiger partial charge in [-0.3, -0.25) is 14.4 Å². The zero-order valence-electron chi connectivity index (χ0n) is 15.5. The van der Waals surface area contributed by atoms with Gasteiger partial charge in [-0.15, -0.1) is 0 Å². The van der Waals surface area contributed by atoms with Gasteiger partial charge in [0.25, 0.3) is 11.5 Å². The minimum Gasteiger partial charge on any atom is -0.342 e. The van der Waals surface area contributed by atoms with Crippen LogP contribution in [0.15, 0.2) is 23.6 Å². The fraction of sp³-hybridized carbons (Fsp3) is 0.529. The Hall–Kier alpha value is -3.04. The van der Waals surface area contributed by atoms with Crippen LogP contribution in [0.25, 0.3) is 0 Å². The summed E-state index contributed by atoms with van der Waals surface area (Å²) in [4.78, 5) is 51.6. The first-order chi connectivity index (χ1) is 13.0. The number of nitrogens with zero attached hydrogens (tertiary/aromatic N) is 6. The molecule has 0 spiro atoms. The van der Waals surface area contributed by atoms with Gasteiger partial charge >= 0.3 is 0 Å². The van der Waals surface area contributed by atoms with Crippen LogP contribution in [0.2, 0.25) is 0 Å². The molecule has 1 saturated heterocycles. The van der Waals surface area contributed by atoms with Crippen molar-refractivity contribution in [3.8, 4) is 0 Å². The van der Waals surface area contributed by atoms with Crippen molar-refractivity contribution in [2.75, 3.05) is 20.1 Å². The highest BCUT2D eigenvalue weighted by Crippen LogP contribution is 2.18. The van der Waals surface area contributed by atoms with Crippen LogP contribution in [0, 0.1) is 0 Å². The van der Waals surface area contributed by atoms with Crippen molar-refractivity contribution in [3.05, 3.63) is 40.6 Å². The average Bonchev–Trinajstić information content (AvgIpc) is 3.15. The molecule has 1 fully saturated rings. The van der Waals surface area contributed by atoms with Gasteiger partial charge in [0.15, 0.2) is 0 Å². The second-order valence-electron chi connectivity index (χ2n) is 6.58. The summed E-state index contributed by atoms with van der Waals surface area (Å²) >= 11 is 0. The highest BCUT2D eigenvalue weighted by atomic mass is 16.2.